The van der Waals surface area contributed by atoms with Crippen molar-refractivity contribution < 1.29 is 14.3 Å². The van der Waals surface area contributed by atoms with Crippen LogP contribution in [0.25, 0.3) is 0 Å². The summed E-state index contributed by atoms with van der Waals surface area (Å²) in [5.41, 5.74) is 0.972. The van der Waals surface area contributed by atoms with Gasteiger partial charge in [0.15, 0.2) is 0 Å². The molecule has 0 N–H and O–H groups in total. The van der Waals surface area contributed by atoms with Gasteiger partial charge in [-0.25, -0.2) is 0 Å². The van der Waals surface area contributed by atoms with Crippen molar-refractivity contribution in [1.82, 2.24) is 4.90 Å². The number of esters is 1. The maximum Gasteiger partial charge on any atom is 0.305 e. The Kier molecular flexibility index (Phi) is 6.42. The van der Waals surface area contributed by atoms with Crippen molar-refractivity contribution in [1.29, 1.82) is 0 Å². The van der Waals surface area contributed by atoms with Gasteiger partial charge in [0, 0.05) is 26.1 Å². The summed E-state index contributed by atoms with van der Waals surface area (Å²) in [6, 6.07) is 0. The average molecular weight is 213 g/mol. The number of carbonyl (C=O) groups is 2. The standard InChI is InChI=1S/C11H19NO3/c1-9(2)8-10(13)12(3)7-5-6-11(14)15-4/h8H,5-7H2,1-4H3. The zero-order chi connectivity index (χ0) is 11.8. The summed E-state index contributed by atoms with van der Waals surface area (Å²) in [6.45, 7) is 4.32. The number of hydrogen-bond acceptors (Lipinski definition) is 3. The summed E-state index contributed by atoms with van der Waals surface area (Å²) in [6.07, 6.45) is 2.56. The predicted octanol–water partition coefficient (Wildman–Crippen LogP) is 1.36. The van der Waals surface area contributed by atoms with Gasteiger partial charge in [0.25, 0.3) is 0 Å². The molecule has 86 valence electrons. The molecule has 0 aromatic carbocycles. The molecule has 0 aliphatic heterocycles. The Morgan fingerprint density at radius 1 is 1.33 bits per heavy atom. The van der Waals surface area contributed by atoms with E-state index < -0.39 is 0 Å². The first-order valence-electron chi connectivity index (χ1n) is 4.94. The van der Waals surface area contributed by atoms with Crippen molar-refractivity contribution in [2.24, 2.45) is 0 Å². The lowest BCUT2D eigenvalue weighted by molar-refractivity contribution is -0.141. The lowest BCUT2D eigenvalue weighted by Gasteiger charge is -2.14. The second-order valence-corrected chi connectivity index (χ2v) is 3.66. The third kappa shape index (κ3) is 6.71. The molecule has 0 bridgehead atoms. The molecule has 0 saturated carbocycles. The molecule has 4 nitrogen and oxygen atoms in total. The van der Waals surface area contributed by atoms with Gasteiger partial charge in [-0.1, -0.05) is 5.57 Å². The topological polar surface area (TPSA) is 46.6 Å². The van der Waals surface area contributed by atoms with Crippen molar-refractivity contribution in [3.8, 4) is 0 Å². The maximum absolute atomic E-state index is 11.4. The molecule has 0 aliphatic rings. The van der Waals surface area contributed by atoms with Crippen LogP contribution in [0, 0.1) is 0 Å². The van der Waals surface area contributed by atoms with E-state index in [1.807, 2.05) is 13.8 Å². The van der Waals surface area contributed by atoms with Gasteiger partial charge in [0.2, 0.25) is 5.91 Å². The number of allylic oxidation sites excluding steroid dienone is 1. The number of rotatable bonds is 5. The average Bonchev–Trinajstić information content (AvgIpc) is 2.16. The summed E-state index contributed by atoms with van der Waals surface area (Å²) in [5, 5.41) is 0. The van der Waals surface area contributed by atoms with Gasteiger partial charge in [0.1, 0.15) is 0 Å². The molecule has 0 spiro atoms. The van der Waals surface area contributed by atoms with E-state index in [1.165, 1.54) is 7.11 Å². The van der Waals surface area contributed by atoms with Crippen LogP contribution in [-0.4, -0.2) is 37.5 Å². The molecule has 0 saturated heterocycles. The van der Waals surface area contributed by atoms with E-state index in [9.17, 15) is 9.59 Å². The molecule has 0 aromatic heterocycles. The van der Waals surface area contributed by atoms with Crippen LogP contribution >= 0.6 is 0 Å². The van der Waals surface area contributed by atoms with Gasteiger partial charge in [-0.15, -0.1) is 0 Å². The van der Waals surface area contributed by atoms with E-state index in [2.05, 4.69) is 4.74 Å². The van der Waals surface area contributed by atoms with Gasteiger partial charge in [0.05, 0.1) is 7.11 Å². The molecule has 4 heteroatoms. The van der Waals surface area contributed by atoms with Crippen molar-refractivity contribution in [3.63, 3.8) is 0 Å². The largest absolute Gasteiger partial charge is 0.469 e. The Morgan fingerprint density at radius 3 is 2.40 bits per heavy atom. The fourth-order valence-electron chi connectivity index (χ4n) is 1.03. The van der Waals surface area contributed by atoms with Crippen LogP contribution in [0.1, 0.15) is 26.7 Å². The molecule has 0 unspecified atom stereocenters. The van der Waals surface area contributed by atoms with Crippen molar-refractivity contribution >= 4 is 11.9 Å². The van der Waals surface area contributed by atoms with Crippen molar-refractivity contribution in [2.45, 2.75) is 26.7 Å². The zero-order valence-corrected chi connectivity index (χ0v) is 9.87. The first-order valence-corrected chi connectivity index (χ1v) is 4.94. The number of nitrogens with zero attached hydrogens (tertiary/aromatic N) is 1. The summed E-state index contributed by atoms with van der Waals surface area (Å²) in [5.74, 6) is -0.266. The maximum atomic E-state index is 11.4. The normalized spacial score (nSPS) is 9.33. The van der Waals surface area contributed by atoms with Crippen LogP contribution in [0.5, 0.6) is 0 Å². The minimum absolute atomic E-state index is 0.0279. The predicted molar refractivity (Wildman–Crippen MR) is 58.3 cm³/mol. The second-order valence-electron chi connectivity index (χ2n) is 3.66. The van der Waals surface area contributed by atoms with E-state index in [1.54, 1.807) is 18.0 Å². The highest BCUT2D eigenvalue weighted by Crippen LogP contribution is 1.98. The molecule has 0 aliphatic carbocycles. The van der Waals surface area contributed by atoms with Gasteiger partial charge in [-0.05, 0) is 20.3 Å². The number of carbonyl (C=O) groups excluding carboxylic acids is 2. The lowest BCUT2D eigenvalue weighted by Crippen LogP contribution is -2.26. The highest BCUT2D eigenvalue weighted by molar-refractivity contribution is 5.87. The van der Waals surface area contributed by atoms with Gasteiger partial charge >= 0.3 is 5.97 Å². The summed E-state index contributed by atoms with van der Waals surface area (Å²) < 4.78 is 4.50. The number of hydrogen-bond donors (Lipinski definition) is 0. The third-order valence-corrected chi connectivity index (χ3v) is 1.89. The number of ether oxygens (including phenoxy) is 1. The molecule has 0 atom stereocenters. The monoisotopic (exact) mass is 213 g/mol. The summed E-state index contributed by atoms with van der Waals surface area (Å²) in [4.78, 5) is 23.8. The van der Waals surface area contributed by atoms with Crippen LogP contribution in [0.15, 0.2) is 11.6 Å². The molecule has 15 heavy (non-hydrogen) atoms. The van der Waals surface area contributed by atoms with Gasteiger partial charge < -0.3 is 9.64 Å². The van der Waals surface area contributed by atoms with Crippen LogP contribution in [0.3, 0.4) is 0 Å². The van der Waals surface area contributed by atoms with E-state index in [-0.39, 0.29) is 11.9 Å². The molecule has 0 aromatic rings. The zero-order valence-electron chi connectivity index (χ0n) is 9.87. The lowest BCUT2D eigenvalue weighted by atomic mass is 10.2. The highest BCUT2D eigenvalue weighted by atomic mass is 16.5. The Balaban J connectivity index is 3.84. The molecule has 0 fully saturated rings. The fraction of sp³-hybridized carbons (Fsp3) is 0.636. The van der Waals surface area contributed by atoms with Gasteiger partial charge in [-0.2, -0.15) is 0 Å². The van der Waals surface area contributed by atoms with E-state index in [4.69, 9.17) is 0 Å². The first-order chi connectivity index (χ1) is 6.97. The second kappa shape index (κ2) is 7.04. The Hall–Kier alpha value is -1.32. The molecule has 0 heterocycles. The van der Waals surface area contributed by atoms with Crippen LogP contribution in [-0.2, 0) is 14.3 Å². The Labute approximate surface area is 90.9 Å². The molecular weight excluding hydrogens is 194 g/mol. The highest BCUT2D eigenvalue weighted by Gasteiger charge is 2.06. The molecule has 0 radical (unpaired) electrons. The quantitative estimate of drug-likeness (QED) is 0.512. The van der Waals surface area contributed by atoms with E-state index >= 15 is 0 Å². The Bertz CT molecular complexity index is 255. The van der Waals surface area contributed by atoms with Crippen LogP contribution in [0.2, 0.25) is 0 Å². The molecule has 1 amide bonds. The minimum atomic E-state index is -0.238. The smallest absolute Gasteiger partial charge is 0.305 e. The van der Waals surface area contributed by atoms with Crippen LogP contribution in [0.4, 0.5) is 0 Å². The first kappa shape index (κ1) is 13.7. The SMILES string of the molecule is COC(=O)CCCN(C)C(=O)C=C(C)C. The van der Waals surface area contributed by atoms with E-state index in [0.29, 0.717) is 19.4 Å². The third-order valence-electron chi connectivity index (χ3n) is 1.89. The number of likely N-dealkylation sites (N-methyl/N-ethyl adjacent to an activating group) is 1. The van der Waals surface area contributed by atoms with Crippen LogP contribution < -0.4 is 0 Å². The van der Waals surface area contributed by atoms with E-state index in [0.717, 1.165) is 5.57 Å². The molecule has 0 rings (SSSR count). The summed E-state index contributed by atoms with van der Waals surface area (Å²) >= 11 is 0. The van der Waals surface area contributed by atoms with Gasteiger partial charge in [-0.3, -0.25) is 9.59 Å². The summed E-state index contributed by atoms with van der Waals surface area (Å²) in [7, 11) is 3.08. The van der Waals surface area contributed by atoms with Crippen molar-refractivity contribution in [2.75, 3.05) is 20.7 Å². The van der Waals surface area contributed by atoms with Crippen molar-refractivity contribution in [3.05, 3.63) is 11.6 Å². The number of amides is 1. The Morgan fingerprint density at radius 2 is 1.93 bits per heavy atom. The fourth-order valence-corrected chi connectivity index (χ4v) is 1.03. The number of methoxy groups -OCH3 is 1. The molecular formula is C11H19NO3. The minimum Gasteiger partial charge on any atom is -0.469 e.